The highest BCUT2D eigenvalue weighted by atomic mass is 19.4. The predicted octanol–water partition coefficient (Wildman–Crippen LogP) is 3.00. The Bertz CT molecular complexity index is 529. The van der Waals surface area contributed by atoms with E-state index in [-0.39, 0.29) is 5.88 Å². The largest absolute Gasteiger partial charge is 0.468 e. The number of ether oxygens (including phenoxy) is 1. The molecule has 0 radical (unpaired) electrons. The number of nitrogens with zero attached hydrogens (tertiary/aromatic N) is 3. The summed E-state index contributed by atoms with van der Waals surface area (Å²) in [6.07, 6.45) is 0.893. The highest BCUT2D eigenvalue weighted by Gasteiger charge is 2.28. The van der Waals surface area contributed by atoms with E-state index in [4.69, 9.17) is 0 Å². The molecule has 8 heteroatoms. The number of aromatic nitrogens is 1. The summed E-state index contributed by atoms with van der Waals surface area (Å²) < 4.78 is 40.8. The minimum Gasteiger partial charge on any atom is -0.468 e. The fourth-order valence-corrected chi connectivity index (χ4v) is 1.90. The number of hydrogen-bond donors (Lipinski definition) is 1. The van der Waals surface area contributed by atoms with Crippen LogP contribution in [0.25, 0.3) is 0 Å². The third-order valence-corrected chi connectivity index (χ3v) is 3.11. The zero-order valence-electron chi connectivity index (χ0n) is 13.9. The van der Waals surface area contributed by atoms with Crippen LogP contribution in [0.4, 0.5) is 13.2 Å². The van der Waals surface area contributed by atoms with Gasteiger partial charge in [-0.3, -0.25) is 4.99 Å². The molecule has 1 heterocycles. The molecule has 0 aliphatic heterocycles. The van der Waals surface area contributed by atoms with E-state index in [1.165, 1.54) is 12.3 Å². The van der Waals surface area contributed by atoms with Gasteiger partial charge in [0.25, 0.3) is 0 Å². The summed E-state index contributed by atoms with van der Waals surface area (Å²) in [4.78, 5) is 10.1. The SMILES string of the molecule is C=CCCCN(C)C(=NC)NCc1ccc(OCC(F)(F)F)nc1. The first-order valence-corrected chi connectivity index (χ1v) is 7.53. The van der Waals surface area contributed by atoms with Crippen molar-refractivity contribution in [2.45, 2.75) is 25.6 Å². The van der Waals surface area contributed by atoms with Crippen molar-refractivity contribution in [3.63, 3.8) is 0 Å². The molecule has 1 aromatic rings. The normalized spacial score (nSPS) is 12.0. The first-order valence-electron chi connectivity index (χ1n) is 7.53. The van der Waals surface area contributed by atoms with Gasteiger partial charge in [0.15, 0.2) is 12.6 Å². The molecule has 0 fully saturated rings. The first kappa shape index (κ1) is 19.8. The number of rotatable bonds is 8. The molecule has 0 atom stereocenters. The second-order valence-electron chi connectivity index (χ2n) is 5.16. The van der Waals surface area contributed by atoms with Gasteiger partial charge in [-0.05, 0) is 18.4 Å². The van der Waals surface area contributed by atoms with E-state index in [1.807, 2.05) is 18.0 Å². The van der Waals surface area contributed by atoms with Gasteiger partial charge in [0.05, 0.1) is 0 Å². The number of guanidine groups is 1. The average molecular weight is 344 g/mol. The molecule has 1 aromatic heterocycles. The van der Waals surface area contributed by atoms with Crippen LogP contribution in [0.1, 0.15) is 18.4 Å². The van der Waals surface area contributed by atoms with Gasteiger partial charge >= 0.3 is 6.18 Å². The topological polar surface area (TPSA) is 49.8 Å². The van der Waals surface area contributed by atoms with Crippen molar-refractivity contribution >= 4 is 5.96 Å². The molecule has 134 valence electrons. The second-order valence-corrected chi connectivity index (χ2v) is 5.16. The maximum absolute atomic E-state index is 12.1. The number of halogens is 3. The number of pyridine rings is 1. The van der Waals surface area contributed by atoms with E-state index in [1.54, 1.807) is 13.1 Å². The van der Waals surface area contributed by atoms with Crippen LogP contribution in [0.3, 0.4) is 0 Å². The zero-order chi connectivity index (χ0) is 18.0. The fourth-order valence-electron chi connectivity index (χ4n) is 1.90. The Hall–Kier alpha value is -2.25. The number of unbranched alkanes of at least 4 members (excludes halogenated alkanes) is 1. The standard InChI is InChI=1S/C16H23F3N4O/c1-4-5-6-9-23(3)15(20-2)22-11-13-7-8-14(21-10-13)24-12-16(17,18)19/h4,7-8,10H,1,5-6,9,11-12H2,2-3H3,(H,20,22). The monoisotopic (exact) mass is 344 g/mol. The number of allylic oxidation sites excluding steroid dienone is 1. The predicted molar refractivity (Wildman–Crippen MR) is 88.0 cm³/mol. The van der Waals surface area contributed by atoms with E-state index in [2.05, 4.69) is 26.6 Å². The Labute approximate surface area is 140 Å². The third-order valence-electron chi connectivity index (χ3n) is 3.11. The summed E-state index contributed by atoms with van der Waals surface area (Å²) in [5.74, 6) is 0.679. The van der Waals surface area contributed by atoms with E-state index >= 15 is 0 Å². The van der Waals surface area contributed by atoms with E-state index in [9.17, 15) is 13.2 Å². The van der Waals surface area contributed by atoms with E-state index in [0.717, 1.165) is 30.9 Å². The quantitative estimate of drug-likeness (QED) is 0.341. The molecule has 0 bridgehead atoms. The van der Waals surface area contributed by atoms with Crippen molar-refractivity contribution in [1.82, 2.24) is 15.2 Å². The van der Waals surface area contributed by atoms with Crippen LogP contribution in [-0.2, 0) is 6.54 Å². The van der Waals surface area contributed by atoms with Gasteiger partial charge in [-0.15, -0.1) is 6.58 Å². The summed E-state index contributed by atoms with van der Waals surface area (Å²) in [6, 6.07) is 3.08. The van der Waals surface area contributed by atoms with Crippen LogP contribution in [0.5, 0.6) is 5.88 Å². The van der Waals surface area contributed by atoms with Crippen LogP contribution in [-0.4, -0.2) is 49.3 Å². The van der Waals surface area contributed by atoms with Gasteiger partial charge in [-0.2, -0.15) is 13.2 Å². The van der Waals surface area contributed by atoms with Crippen molar-refractivity contribution < 1.29 is 17.9 Å². The van der Waals surface area contributed by atoms with Crippen molar-refractivity contribution in [3.05, 3.63) is 36.5 Å². The van der Waals surface area contributed by atoms with Crippen LogP contribution in [0, 0.1) is 0 Å². The molecule has 0 unspecified atom stereocenters. The molecule has 0 spiro atoms. The highest BCUT2D eigenvalue weighted by Crippen LogP contribution is 2.17. The molecule has 0 aliphatic rings. The summed E-state index contributed by atoms with van der Waals surface area (Å²) in [7, 11) is 3.63. The lowest BCUT2D eigenvalue weighted by Crippen LogP contribution is -2.38. The lowest BCUT2D eigenvalue weighted by molar-refractivity contribution is -0.154. The van der Waals surface area contributed by atoms with Crippen molar-refractivity contribution in [3.8, 4) is 5.88 Å². The summed E-state index contributed by atoms with van der Waals surface area (Å²) in [6.45, 7) is 3.65. The first-order chi connectivity index (χ1) is 11.4. The second kappa shape index (κ2) is 9.79. The van der Waals surface area contributed by atoms with Crippen LogP contribution in [0.2, 0.25) is 0 Å². The van der Waals surface area contributed by atoms with Crippen LogP contribution < -0.4 is 10.1 Å². The lowest BCUT2D eigenvalue weighted by atomic mass is 10.3. The molecular formula is C16H23F3N4O. The molecule has 0 saturated heterocycles. The zero-order valence-corrected chi connectivity index (χ0v) is 13.9. The summed E-state index contributed by atoms with van der Waals surface area (Å²) >= 11 is 0. The lowest BCUT2D eigenvalue weighted by Gasteiger charge is -2.21. The fraction of sp³-hybridized carbons (Fsp3) is 0.500. The molecule has 0 amide bonds. The van der Waals surface area contributed by atoms with E-state index < -0.39 is 12.8 Å². The minimum absolute atomic E-state index is 0.0537. The summed E-state index contributed by atoms with van der Waals surface area (Å²) in [5, 5.41) is 3.18. The van der Waals surface area contributed by atoms with Crippen molar-refractivity contribution in [1.29, 1.82) is 0 Å². The van der Waals surface area contributed by atoms with Gasteiger partial charge in [0.1, 0.15) is 0 Å². The molecule has 1 N–H and O–H groups in total. The molecule has 0 aliphatic carbocycles. The smallest absolute Gasteiger partial charge is 0.422 e. The van der Waals surface area contributed by atoms with Crippen LogP contribution >= 0.6 is 0 Å². The number of hydrogen-bond acceptors (Lipinski definition) is 3. The maximum Gasteiger partial charge on any atom is 0.422 e. The average Bonchev–Trinajstić information content (AvgIpc) is 2.54. The number of alkyl halides is 3. The van der Waals surface area contributed by atoms with Gasteiger partial charge < -0.3 is 15.0 Å². The molecular weight excluding hydrogens is 321 g/mol. The Morgan fingerprint density at radius 2 is 2.21 bits per heavy atom. The molecule has 0 aromatic carbocycles. The minimum atomic E-state index is -4.37. The summed E-state index contributed by atoms with van der Waals surface area (Å²) in [5.41, 5.74) is 0.815. The van der Waals surface area contributed by atoms with Gasteiger partial charge in [0.2, 0.25) is 5.88 Å². The van der Waals surface area contributed by atoms with Gasteiger partial charge in [-0.25, -0.2) is 4.98 Å². The van der Waals surface area contributed by atoms with Crippen molar-refractivity contribution in [2.24, 2.45) is 4.99 Å². The molecule has 24 heavy (non-hydrogen) atoms. The number of nitrogens with one attached hydrogen (secondary N) is 1. The third kappa shape index (κ3) is 7.85. The van der Waals surface area contributed by atoms with Gasteiger partial charge in [-0.1, -0.05) is 12.1 Å². The molecule has 5 nitrogen and oxygen atoms in total. The Morgan fingerprint density at radius 3 is 2.75 bits per heavy atom. The Balaban J connectivity index is 2.46. The van der Waals surface area contributed by atoms with E-state index in [0.29, 0.717) is 6.54 Å². The highest BCUT2D eigenvalue weighted by molar-refractivity contribution is 5.79. The maximum atomic E-state index is 12.1. The molecule has 1 rings (SSSR count). The van der Waals surface area contributed by atoms with Crippen LogP contribution in [0.15, 0.2) is 36.0 Å². The molecule has 0 saturated carbocycles. The number of aliphatic imine (C=N–C) groups is 1. The Morgan fingerprint density at radius 1 is 1.46 bits per heavy atom. The van der Waals surface area contributed by atoms with Gasteiger partial charge in [0, 0.05) is 39.4 Å². The Kier molecular flexibility index (Phi) is 8.08. The van der Waals surface area contributed by atoms with Crippen molar-refractivity contribution in [2.75, 3.05) is 27.2 Å².